The van der Waals surface area contributed by atoms with E-state index in [1.807, 2.05) is 25.1 Å². The second-order valence-electron chi connectivity index (χ2n) is 4.13. The minimum absolute atomic E-state index is 0.0566. The van der Waals surface area contributed by atoms with Gasteiger partial charge in [0.05, 0.1) is 15.7 Å². The molecule has 1 aliphatic heterocycles. The first kappa shape index (κ1) is 11.7. The first-order valence-electron chi connectivity index (χ1n) is 5.31. The summed E-state index contributed by atoms with van der Waals surface area (Å²) in [7, 11) is 0. The van der Waals surface area contributed by atoms with E-state index in [2.05, 4.69) is 4.90 Å². The van der Waals surface area contributed by atoms with Gasteiger partial charge in [-0.15, -0.1) is 0 Å². The van der Waals surface area contributed by atoms with E-state index in [9.17, 15) is 4.79 Å². The summed E-state index contributed by atoms with van der Waals surface area (Å²) in [5.74, 6) is 0.375. The summed E-state index contributed by atoms with van der Waals surface area (Å²) < 4.78 is 0. The Morgan fingerprint density at radius 1 is 1.31 bits per heavy atom. The monoisotopic (exact) mass is 257 g/mol. The van der Waals surface area contributed by atoms with Crippen molar-refractivity contribution in [1.82, 2.24) is 0 Å². The number of ketones is 1. The SMILES string of the molecule is CC1CN(c2c(Cl)cccc2Cl)CCC1=O. The van der Waals surface area contributed by atoms with Gasteiger partial charge in [0.2, 0.25) is 0 Å². The Bertz CT molecular complexity index is 399. The third-order valence-electron chi connectivity index (χ3n) is 2.93. The molecule has 0 aromatic heterocycles. The zero-order valence-corrected chi connectivity index (χ0v) is 10.6. The highest BCUT2D eigenvalue weighted by molar-refractivity contribution is 6.39. The van der Waals surface area contributed by atoms with Gasteiger partial charge in [-0.1, -0.05) is 36.2 Å². The number of anilines is 1. The molecule has 1 saturated heterocycles. The quantitative estimate of drug-likeness (QED) is 0.769. The lowest BCUT2D eigenvalue weighted by Crippen LogP contribution is -2.39. The van der Waals surface area contributed by atoms with Gasteiger partial charge in [-0.25, -0.2) is 0 Å². The second-order valence-corrected chi connectivity index (χ2v) is 4.95. The third kappa shape index (κ3) is 2.18. The highest BCUT2D eigenvalue weighted by Crippen LogP contribution is 2.35. The largest absolute Gasteiger partial charge is 0.368 e. The normalized spacial score (nSPS) is 21.3. The summed E-state index contributed by atoms with van der Waals surface area (Å²) >= 11 is 12.3. The van der Waals surface area contributed by atoms with Gasteiger partial charge in [-0.05, 0) is 12.1 Å². The van der Waals surface area contributed by atoms with E-state index in [1.54, 1.807) is 0 Å². The molecule has 4 heteroatoms. The lowest BCUT2D eigenvalue weighted by molar-refractivity contribution is -0.122. The van der Waals surface area contributed by atoms with Gasteiger partial charge in [0.15, 0.2) is 0 Å². The minimum Gasteiger partial charge on any atom is -0.368 e. The number of hydrogen-bond donors (Lipinski definition) is 0. The number of para-hydroxylation sites is 1. The molecule has 0 spiro atoms. The van der Waals surface area contributed by atoms with Crippen molar-refractivity contribution in [1.29, 1.82) is 0 Å². The Hall–Kier alpha value is -0.730. The maximum absolute atomic E-state index is 11.4. The van der Waals surface area contributed by atoms with Crippen LogP contribution in [0.4, 0.5) is 5.69 Å². The van der Waals surface area contributed by atoms with Gasteiger partial charge >= 0.3 is 0 Å². The molecule has 0 radical (unpaired) electrons. The first-order chi connectivity index (χ1) is 7.59. The number of benzene rings is 1. The molecule has 1 aromatic rings. The second kappa shape index (κ2) is 4.64. The molecule has 1 atom stereocenters. The van der Waals surface area contributed by atoms with Crippen LogP contribution in [0.25, 0.3) is 0 Å². The number of piperidine rings is 1. The summed E-state index contributed by atoms with van der Waals surface area (Å²) in [6.07, 6.45) is 0.572. The maximum atomic E-state index is 11.4. The summed E-state index contributed by atoms with van der Waals surface area (Å²) in [6, 6.07) is 5.47. The summed E-state index contributed by atoms with van der Waals surface area (Å²) in [5.41, 5.74) is 0.852. The van der Waals surface area contributed by atoms with Crippen LogP contribution in [0.2, 0.25) is 10.0 Å². The maximum Gasteiger partial charge on any atom is 0.139 e. The van der Waals surface area contributed by atoms with Crippen LogP contribution in [0.15, 0.2) is 18.2 Å². The van der Waals surface area contributed by atoms with Crippen LogP contribution in [0.5, 0.6) is 0 Å². The predicted octanol–water partition coefficient (Wildman–Crippen LogP) is 3.41. The van der Waals surface area contributed by atoms with Gasteiger partial charge in [-0.2, -0.15) is 0 Å². The fraction of sp³-hybridized carbons (Fsp3) is 0.417. The number of hydrogen-bond acceptors (Lipinski definition) is 2. The van der Waals surface area contributed by atoms with Crippen LogP contribution in [-0.2, 0) is 4.79 Å². The lowest BCUT2D eigenvalue weighted by atomic mass is 9.98. The molecule has 0 amide bonds. The van der Waals surface area contributed by atoms with Crippen molar-refractivity contribution in [3.05, 3.63) is 28.2 Å². The molecule has 0 bridgehead atoms. The Balaban J connectivity index is 2.28. The topological polar surface area (TPSA) is 20.3 Å². The van der Waals surface area contributed by atoms with Crippen molar-refractivity contribution in [3.63, 3.8) is 0 Å². The molecule has 1 aliphatic rings. The average molecular weight is 258 g/mol. The molecular formula is C12H13Cl2NO. The third-order valence-corrected chi connectivity index (χ3v) is 3.54. The van der Waals surface area contributed by atoms with Crippen LogP contribution in [0.3, 0.4) is 0 Å². The van der Waals surface area contributed by atoms with E-state index in [4.69, 9.17) is 23.2 Å². The van der Waals surface area contributed by atoms with E-state index < -0.39 is 0 Å². The van der Waals surface area contributed by atoms with Crippen molar-refractivity contribution < 1.29 is 4.79 Å². The van der Waals surface area contributed by atoms with Gasteiger partial charge in [0.25, 0.3) is 0 Å². The van der Waals surface area contributed by atoms with Crippen molar-refractivity contribution >= 4 is 34.7 Å². The molecule has 1 aromatic carbocycles. The highest BCUT2D eigenvalue weighted by atomic mass is 35.5. The van der Waals surface area contributed by atoms with Gasteiger partial charge in [0.1, 0.15) is 5.78 Å². The van der Waals surface area contributed by atoms with Crippen LogP contribution in [-0.4, -0.2) is 18.9 Å². The van der Waals surface area contributed by atoms with E-state index in [1.165, 1.54) is 0 Å². The summed E-state index contributed by atoms with van der Waals surface area (Å²) in [6.45, 7) is 3.34. The standard InChI is InChI=1S/C12H13Cl2NO/c1-8-7-15(6-5-11(8)16)12-9(13)3-2-4-10(12)14/h2-4,8H,5-7H2,1H3. The molecule has 2 nitrogen and oxygen atoms in total. The van der Waals surface area contributed by atoms with E-state index in [0.29, 0.717) is 35.3 Å². The van der Waals surface area contributed by atoms with E-state index >= 15 is 0 Å². The number of rotatable bonds is 1. The Morgan fingerprint density at radius 3 is 2.50 bits per heavy atom. The molecule has 16 heavy (non-hydrogen) atoms. The summed E-state index contributed by atoms with van der Waals surface area (Å²) in [4.78, 5) is 13.5. The lowest BCUT2D eigenvalue weighted by Gasteiger charge is -2.33. The minimum atomic E-state index is 0.0566. The number of carbonyl (C=O) groups excluding carboxylic acids is 1. The smallest absolute Gasteiger partial charge is 0.139 e. The summed E-state index contributed by atoms with van der Waals surface area (Å²) in [5, 5.41) is 1.29. The predicted molar refractivity (Wildman–Crippen MR) is 67.5 cm³/mol. The number of carbonyl (C=O) groups is 1. The van der Waals surface area contributed by atoms with Gasteiger partial charge in [0, 0.05) is 25.4 Å². The zero-order chi connectivity index (χ0) is 11.7. The average Bonchev–Trinajstić information content (AvgIpc) is 2.23. The molecule has 1 fully saturated rings. The van der Waals surface area contributed by atoms with Crippen LogP contribution in [0, 0.1) is 5.92 Å². The molecule has 0 N–H and O–H groups in total. The molecule has 1 heterocycles. The van der Waals surface area contributed by atoms with Crippen molar-refractivity contribution in [2.75, 3.05) is 18.0 Å². The number of nitrogens with zero attached hydrogens (tertiary/aromatic N) is 1. The molecule has 2 rings (SSSR count). The molecule has 0 aliphatic carbocycles. The molecular weight excluding hydrogens is 245 g/mol. The van der Waals surface area contributed by atoms with Crippen molar-refractivity contribution in [2.24, 2.45) is 5.92 Å². The van der Waals surface area contributed by atoms with Crippen LogP contribution >= 0.6 is 23.2 Å². The molecule has 1 unspecified atom stereocenters. The fourth-order valence-electron chi connectivity index (χ4n) is 2.01. The number of Topliss-reactive ketones (excluding diaryl/α,β-unsaturated/α-hetero) is 1. The van der Waals surface area contributed by atoms with E-state index in [-0.39, 0.29) is 5.92 Å². The first-order valence-corrected chi connectivity index (χ1v) is 6.07. The van der Waals surface area contributed by atoms with Gasteiger partial charge < -0.3 is 4.90 Å². The van der Waals surface area contributed by atoms with E-state index in [0.717, 1.165) is 5.69 Å². The van der Waals surface area contributed by atoms with Crippen molar-refractivity contribution in [3.8, 4) is 0 Å². The fourth-order valence-corrected chi connectivity index (χ4v) is 2.65. The zero-order valence-electron chi connectivity index (χ0n) is 9.04. The van der Waals surface area contributed by atoms with Crippen LogP contribution < -0.4 is 4.90 Å². The van der Waals surface area contributed by atoms with Crippen LogP contribution in [0.1, 0.15) is 13.3 Å². The van der Waals surface area contributed by atoms with Gasteiger partial charge in [-0.3, -0.25) is 4.79 Å². The van der Waals surface area contributed by atoms with Crippen molar-refractivity contribution in [2.45, 2.75) is 13.3 Å². The Labute approximate surface area is 105 Å². The molecule has 0 saturated carbocycles. The Kier molecular flexibility index (Phi) is 3.41. The molecule has 86 valence electrons. The highest BCUT2D eigenvalue weighted by Gasteiger charge is 2.25. The Morgan fingerprint density at radius 2 is 1.94 bits per heavy atom. The number of halogens is 2.